The number of nitrogens with zero attached hydrogens (tertiary/aromatic N) is 5. The van der Waals surface area contributed by atoms with Gasteiger partial charge in [-0.25, -0.2) is 22.5 Å². The van der Waals surface area contributed by atoms with Crippen LogP contribution in [-0.2, 0) is 14.8 Å². The van der Waals surface area contributed by atoms with E-state index in [9.17, 15) is 8.42 Å². The third-order valence-electron chi connectivity index (χ3n) is 3.71. The Balaban J connectivity index is 2.13. The van der Waals surface area contributed by atoms with Gasteiger partial charge in [0.2, 0.25) is 15.7 Å². The maximum atomic E-state index is 11.5. The minimum Gasteiger partial charge on any atom is -0.357 e. The highest BCUT2D eigenvalue weighted by Crippen LogP contribution is 2.35. The molecule has 0 radical (unpaired) electrons. The zero-order valence-corrected chi connectivity index (χ0v) is 15.4. The van der Waals surface area contributed by atoms with E-state index < -0.39 is 10.0 Å². The number of ether oxygens (including phenoxy) is 1. The van der Waals surface area contributed by atoms with Gasteiger partial charge in [-0.05, 0) is 19.9 Å². The van der Waals surface area contributed by atoms with Crippen LogP contribution in [0.15, 0.2) is 30.9 Å². The summed E-state index contributed by atoms with van der Waals surface area (Å²) in [6.07, 6.45) is 7.28. The van der Waals surface area contributed by atoms with E-state index >= 15 is 0 Å². The minimum atomic E-state index is -3.42. The van der Waals surface area contributed by atoms with Crippen molar-refractivity contribution in [2.45, 2.75) is 20.1 Å². The smallest absolute Gasteiger partial charge is 0.229 e. The van der Waals surface area contributed by atoms with Crippen LogP contribution in [0, 0.1) is 6.57 Å². The molecule has 3 aromatic heterocycles. The highest BCUT2D eigenvalue weighted by atomic mass is 32.2. The summed E-state index contributed by atoms with van der Waals surface area (Å²) in [5.74, 6) is 0. The first-order chi connectivity index (χ1) is 12.3. The number of anilines is 1. The molecule has 0 spiro atoms. The zero-order valence-electron chi connectivity index (χ0n) is 14.5. The third kappa shape index (κ3) is 3.54. The Kier molecular flexibility index (Phi) is 4.67. The van der Waals surface area contributed by atoms with Crippen LogP contribution in [0.4, 0.5) is 11.4 Å². The topological polar surface area (TPSA) is 94.9 Å². The molecule has 1 atom stereocenters. The lowest BCUT2D eigenvalue weighted by Crippen LogP contribution is -2.09. The highest BCUT2D eigenvalue weighted by Gasteiger charge is 2.17. The molecule has 0 bridgehead atoms. The van der Waals surface area contributed by atoms with E-state index in [-0.39, 0.29) is 6.23 Å². The van der Waals surface area contributed by atoms with E-state index in [1.165, 1.54) is 10.7 Å². The molecule has 1 N–H and O–H groups in total. The molecule has 26 heavy (non-hydrogen) atoms. The lowest BCUT2D eigenvalue weighted by molar-refractivity contribution is 0.0160. The van der Waals surface area contributed by atoms with Crippen LogP contribution in [0.3, 0.4) is 0 Å². The molecule has 3 aromatic rings. The van der Waals surface area contributed by atoms with Crippen LogP contribution in [0.5, 0.6) is 0 Å². The molecule has 0 saturated carbocycles. The van der Waals surface area contributed by atoms with Gasteiger partial charge in [0, 0.05) is 23.9 Å². The van der Waals surface area contributed by atoms with Crippen molar-refractivity contribution in [3.05, 3.63) is 42.3 Å². The molecule has 9 nitrogen and oxygen atoms in total. The first-order valence-corrected chi connectivity index (χ1v) is 9.74. The van der Waals surface area contributed by atoms with Crippen molar-refractivity contribution in [2.75, 3.05) is 17.6 Å². The van der Waals surface area contributed by atoms with Crippen LogP contribution in [0.1, 0.15) is 20.1 Å². The van der Waals surface area contributed by atoms with Crippen molar-refractivity contribution < 1.29 is 13.2 Å². The number of rotatable bonds is 6. The van der Waals surface area contributed by atoms with Crippen molar-refractivity contribution in [2.24, 2.45) is 0 Å². The van der Waals surface area contributed by atoms with Crippen LogP contribution < -0.4 is 4.72 Å². The van der Waals surface area contributed by atoms with Crippen LogP contribution in [-0.4, -0.2) is 40.7 Å². The second kappa shape index (κ2) is 6.78. The molecule has 0 saturated heterocycles. The van der Waals surface area contributed by atoms with Crippen molar-refractivity contribution in [3.63, 3.8) is 0 Å². The average molecular weight is 374 g/mol. The van der Waals surface area contributed by atoms with Gasteiger partial charge < -0.3 is 4.74 Å². The molecule has 0 aliphatic heterocycles. The van der Waals surface area contributed by atoms with Gasteiger partial charge in [-0.1, -0.05) is 0 Å². The molecule has 136 valence electrons. The maximum Gasteiger partial charge on any atom is 0.229 e. The molecule has 10 heteroatoms. The first kappa shape index (κ1) is 17.9. The average Bonchev–Trinajstić information content (AvgIpc) is 3.18. The van der Waals surface area contributed by atoms with E-state index in [1.807, 2.05) is 13.8 Å². The van der Waals surface area contributed by atoms with E-state index in [0.29, 0.717) is 29.1 Å². The number of sulfonamides is 1. The Morgan fingerprint density at radius 1 is 1.35 bits per heavy atom. The van der Waals surface area contributed by atoms with Crippen LogP contribution in [0.25, 0.3) is 21.5 Å². The lowest BCUT2D eigenvalue weighted by atomic mass is 10.1. The fraction of sp³-hybridized carbons (Fsp3) is 0.312. The Bertz CT molecular complexity index is 1090. The first-order valence-electron chi connectivity index (χ1n) is 7.85. The summed E-state index contributed by atoms with van der Waals surface area (Å²) in [6, 6.07) is 1.64. The highest BCUT2D eigenvalue weighted by molar-refractivity contribution is 7.92. The Morgan fingerprint density at radius 2 is 2.12 bits per heavy atom. The molecule has 3 heterocycles. The van der Waals surface area contributed by atoms with E-state index in [4.69, 9.17) is 11.3 Å². The summed E-state index contributed by atoms with van der Waals surface area (Å²) in [5.41, 5.74) is 2.68. The quantitative estimate of drug-likeness (QED) is 0.670. The van der Waals surface area contributed by atoms with Crippen LogP contribution >= 0.6 is 0 Å². The molecule has 0 amide bonds. The molecule has 1 unspecified atom stereocenters. The van der Waals surface area contributed by atoms with Gasteiger partial charge in [0.05, 0.1) is 42.6 Å². The van der Waals surface area contributed by atoms with Gasteiger partial charge in [0.25, 0.3) is 0 Å². The van der Waals surface area contributed by atoms with Gasteiger partial charge >= 0.3 is 0 Å². The number of fused-ring (bicyclic) bond motifs is 1. The molecule has 3 rings (SSSR count). The zero-order chi connectivity index (χ0) is 18.9. The molecule has 0 fully saturated rings. The van der Waals surface area contributed by atoms with Crippen molar-refractivity contribution >= 4 is 26.9 Å². The predicted molar refractivity (Wildman–Crippen MR) is 97.5 cm³/mol. The van der Waals surface area contributed by atoms with Gasteiger partial charge in [0.1, 0.15) is 6.23 Å². The Morgan fingerprint density at radius 3 is 2.77 bits per heavy atom. The summed E-state index contributed by atoms with van der Waals surface area (Å²) in [7, 11) is -3.42. The predicted octanol–water partition coefficient (Wildman–Crippen LogP) is 2.68. The van der Waals surface area contributed by atoms with E-state index in [2.05, 4.69) is 19.8 Å². The van der Waals surface area contributed by atoms with Crippen molar-refractivity contribution in [1.82, 2.24) is 19.4 Å². The second-order valence-electron chi connectivity index (χ2n) is 5.71. The Hall–Kier alpha value is -2.90. The maximum absolute atomic E-state index is 11.5. The number of nitrogens with one attached hydrogen (secondary N) is 1. The molecule has 0 aliphatic rings. The minimum absolute atomic E-state index is 0.239. The summed E-state index contributed by atoms with van der Waals surface area (Å²) in [4.78, 5) is 3.54. The fourth-order valence-corrected chi connectivity index (χ4v) is 3.22. The summed E-state index contributed by atoms with van der Waals surface area (Å²) in [5, 5.41) is 8.48. The Labute approximate surface area is 151 Å². The summed E-state index contributed by atoms with van der Waals surface area (Å²) < 4.78 is 34.1. The number of hydrogen-bond acceptors (Lipinski definition) is 5. The standard InChI is InChI=1S/C16H18N6O3S/c1-5-25-11(2)21-9-12(7-18-21)16-14(17-3)8-19-22-10-13(6-15(16)22)20-26(4,23)24/h6-11,20H,5H2,1-2,4H3. The summed E-state index contributed by atoms with van der Waals surface area (Å²) in [6.45, 7) is 11.8. The van der Waals surface area contributed by atoms with Gasteiger partial charge in [0.15, 0.2) is 0 Å². The largest absolute Gasteiger partial charge is 0.357 e. The second-order valence-corrected chi connectivity index (χ2v) is 7.46. The van der Waals surface area contributed by atoms with Gasteiger partial charge in [-0.3, -0.25) is 4.72 Å². The molecular weight excluding hydrogens is 356 g/mol. The summed E-state index contributed by atoms with van der Waals surface area (Å²) >= 11 is 0. The number of hydrogen-bond donors (Lipinski definition) is 1. The van der Waals surface area contributed by atoms with Gasteiger partial charge in [-0.2, -0.15) is 10.2 Å². The molecule has 0 aliphatic carbocycles. The molecular formula is C16H18N6O3S. The fourth-order valence-electron chi connectivity index (χ4n) is 2.68. The van der Waals surface area contributed by atoms with Gasteiger partial charge in [-0.15, -0.1) is 0 Å². The monoisotopic (exact) mass is 374 g/mol. The SMILES string of the molecule is [C-]#[N+]c1cnn2cc(NS(C)(=O)=O)cc2c1-c1cnn(C(C)OCC)c1. The third-order valence-corrected chi connectivity index (χ3v) is 4.32. The normalized spacial score (nSPS) is 12.8. The number of aromatic nitrogens is 4. The van der Waals surface area contributed by atoms with Crippen molar-refractivity contribution in [1.29, 1.82) is 0 Å². The van der Waals surface area contributed by atoms with E-state index in [1.54, 1.807) is 29.3 Å². The van der Waals surface area contributed by atoms with E-state index in [0.717, 1.165) is 11.8 Å². The molecule has 0 aromatic carbocycles. The van der Waals surface area contributed by atoms with Crippen molar-refractivity contribution in [3.8, 4) is 11.1 Å². The van der Waals surface area contributed by atoms with Crippen LogP contribution in [0.2, 0.25) is 0 Å². The lowest BCUT2D eigenvalue weighted by Gasteiger charge is -2.11.